The Morgan fingerprint density at radius 1 is 0.974 bits per heavy atom. The Hall–Kier alpha value is -3.78. The fraction of sp³-hybridized carbons (Fsp3) is 0.400. The first-order valence-corrected chi connectivity index (χ1v) is 13.0. The van der Waals surface area contributed by atoms with Crippen LogP contribution >= 0.6 is 0 Å². The zero-order chi connectivity index (χ0) is 27.9. The van der Waals surface area contributed by atoms with Crippen molar-refractivity contribution in [3.8, 4) is 0 Å². The number of carbonyl (C=O) groups excluding carboxylic acids is 2. The maximum absolute atomic E-state index is 11.7. The fourth-order valence-corrected chi connectivity index (χ4v) is 3.63. The molecule has 3 rings (SSSR count). The molecule has 0 bridgehead atoms. The monoisotopic (exact) mass is 520 g/mol. The van der Waals surface area contributed by atoms with E-state index in [2.05, 4.69) is 46.5 Å². The SMILES string of the molecule is CCOC(=O)Nc1cccc(Cn2nc(C)ccc2=O)c1.Cc1ccc(CCC(=O)CCCN(C)C)cc1. The Morgan fingerprint density at radius 3 is 2.39 bits per heavy atom. The van der Waals surface area contributed by atoms with E-state index in [1.165, 1.54) is 21.9 Å². The molecule has 0 aliphatic heterocycles. The topological polar surface area (TPSA) is 93.5 Å². The molecule has 0 spiro atoms. The summed E-state index contributed by atoms with van der Waals surface area (Å²) in [4.78, 5) is 36.9. The first kappa shape index (κ1) is 30.4. The summed E-state index contributed by atoms with van der Waals surface area (Å²) in [5.74, 6) is 0.382. The van der Waals surface area contributed by atoms with E-state index in [-0.39, 0.29) is 5.56 Å². The third-order valence-electron chi connectivity index (χ3n) is 5.66. The molecule has 0 aliphatic carbocycles. The highest BCUT2D eigenvalue weighted by Gasteiger charge is 2.05. The summed E-state index contributed by atoms with van der Waals surface area (Å²) < 4.78 is 6.21. The van der Waals surface area contributed by atoms with Crippen LogP contribution in [0.5, 0.6) is 0 Å². The molecule has 0 saturated heterocycles. The number of carbonyl (C=O) groups is 2. The van der Waals surface area contributed by atoms with Gasteiger partial charge in [0.25, 0.3) is 5.56 Å². The smallest absolute Gasteiger partial charge is 0.411 e. The predicted molar refractivity (Wildman–Crippen MR) is 152 cm³/mol. The van der Waals surface area contributed by atoms with E-state index in [1.54, 1.807) is 31.2 Å². The van der Waals surface area contributed by atoms with E-state index in [0.717, 1.165) is 30.6 Å². The van der Waals surface area contributed by atoms with Crippen LogP contribution in [0, 0.1) is 13.8 Å². The molecule has 0 radical (unpaired) electrons. The Balaban J connectivity index is 0.000000273. The number of hydrogen-bond donors (Lipinski definition) is 1. The van der Waals surface area contributed by atoms with Gasteiger partial charge in [0.15, 0.2) is 0 Å². The minimum atomic E-state index is -0.500. The van der Waals surface area contributed by atoms with Gasteiger partial charge in [-0.2, -0.15) is 5.10 Å². The highest BCUT2D eigenvalue weighted by atomic mass is 16.5. The molecule has 0 unspecified atom stereocenters. The number of hydrogen-bond acceptors (Lipinski definition) is 6. The lowest BCUT2D eigenvalue weighted by molar-refractivity contribution is -0.119. The molecule has 0 fully saturated rings. The number of ketones is 1. The molecule has 1 N–H and O–H groups in total. The van der Waals surface area contributed by atoms with Crippen LogP contribution < -0.4 is 10.9 Å². The zero-order valence-corrected chi connectivity index (χ0v) is 23.2. The van der Waals surface area contributed by atoms with Crippen molar-refractivity contribution in [2.75, 3.05) is 32.6 Å². The minimum absolute atomic E-state index is 0.163. The number of aromatic nitrogens is 2. The van der Waals surface area contributed by atoms with Crippen LogP contribution in [0.15, 0.2) is 65.5 Å². The van der Waals surface area contributed by atoms with E-state index < -0.39 is 6.09 Å². The summed E-state index contributed by atoms with van der Waals surface area (Å²) in [6, 6.07) is 18.8. The molecule has 8 heteroatoms. The van der Waals surface area contributed by atoms with Crippen molar-refractivity contribution < 1.29 is 14.3 Å². The Morgan fingerprint density at radius 2 is 1.71 bits per heavy atom. The molecular formula is C30H40N4O4. The number of rotatable bonds is 11. The molecule has 1 amide bonds. The van der Waals surface area contributed by atoms with Crippen LogP contribution in [-0.2, 0) is 22.5 Å². The van der Waals surface area contributed by atoms with E-state index in [0.29, 0.717) is 37.5 Å². The number of Topliss-reactive ketones (excluding diaryl/α,β-unsaturated/α-hetero) is 1. The molecule has 1 heterocycles. The highest BCUT2D eigenvalue weighted by Crippen LogP contribution is 2.12. The van der Waals surface area contributed by atoms with Gasteiger partial charge in [0.2, 0.25) is 0 Å². The summed E-state index contributed by atoms with van der Waals surface area (Å²) in [5, 5.41) is 6.81. The molecule has 204 valence electrons. The molecule has 0 atom stereocenters. The molecule has 38 heavy (non-hydrogen) atoms. The second-order valence-corrected chi connectivity index (χ2v) is 9.45. The van der Waals surface area contributed by atoms with Gasteiger partial charge in [0.1, 0.15) is 5.78 Å². The van der Waals surface area contributed by atoms with Crippen molar-refractivity contribution in [2.24, 2.45) is 0 Å². The van der Waals surface area contributed by atoms with Gasteiger partial charge in [0.05, 0.1) is 18.8 Å². The van der Waals surface area contributed by atoms with Gasteiger partial charge < -0.3 is 9.64 Å². The maximum atomic E-state index is 11.7. The lowest BCUT2D eigenvalue weighted by Gasteiger charge is -2.08. The quantitative estimate of drug-likeness (QED) is 0.382. The van der Waals surface area contributed by atoms with Crippen molar-refractivity contribution in [3.63, 3.8) is 0 Å². The molecule has 1 aromatic heterocycles. The molecule has 3 aromatic rings. The van der Waals surface area contributed by atoms with E-state index >= 15 is 0 Å². The van der Waals surface area contributed by atoms with Crippen LogP contribution in [0.1, 0.15) is 48.6 Å². The second-order valence-electron chi connectivity index (χ2n) is 9.45. The van der Waals surface area contributed by atoms with E-state index in [9.17, 15) is 14.4 Å². The minimum Gasteiger partial charge on any atom is -0.450 e. The van der Waals surface area contributed by atoms with Gasteiger partial charge in [-0.15, -0.1) is 0 Å². The van der Waals surface area contributed by atoms with Crippen LogP contribution in [0.2, 0.25) is 0 Å². The molecule has 2 aromatic carbocycles. The third kappa shape index (κ3) is 12.0. The van der Waals surface area contributed by atoms with E-state index in [4.69, 9.17) is 4.74 Å². The van der Waals surface area contributed by atoms with Gasteiger partial charge in [-0.1, -0.05) is 42.0 Å². The Labute approximate surface area is 225 Å². The predicted octanol–water partition coefficient (Wildman–Crippen LogP) is 5.01. The standard InChI is InChI=1S/C15H17N3O3.C15H23NO/c1-3-21-15(20)16-13-6-4-5-12(9-13)10-18-14(19)8-7-11(2)17-18;1-13-6-8-14(9-7-13)10-11-15(17)5-4-12-16(2)3/h4-9H,3,10H2,1-2H3,(H,16,20);6-9H,4-5,10-12H2,1-3H3. The Bertz CT molecular complexity index is 1220. The summed E-state index contributed by atoms with van der Waals surface area (Å²) in [5.41, 5.74) is 4.62. The van der Waals surface area contributed by atoms with Crippen molar-refractivity contribution in [3.05, 3.63) is 93.4 Å². The summed E-state index contributed by atoms with van der Waals surface area (Å²) >= 11 is 0. The lowest BCUT2D eigenvalue weighted by atomic mass is 10.0. The van der Waals surface area contributed by atoms with Crippen LogP contribution in [0.25, 0.3) is 0 Å². The summed E-state index contributed by atoms with van der Waals surface area (Å²) in [7, 11) is 4.08. The Kier molecular flexibility index (Phi) is 12.9. The van der Waals surface area contributed by atoms with Gasteiger partial charge >= 0.3 is 6.09 Å². The number of benzene rings is 2. The van der Waals surface area contributed by atoms with Gasteiger partial charge in [-0.25, -0.2) is 9.48 Å². The number of aryl methyl sites for hydroxylation is 3. The number of anilines is 1. The van der Waals surface area contributed by atoms with Crippen LogP contribution in [0.3, 0.4) is 0 Å². The zero-order valence-electron chi connectivity index (χ0n) is 23.2. The largest absolute Gasteiger partial charge is 0.450 e. The number of nitrogens with zero attached hydrogens (tertiary/aromatic N) is 3. The summed E-state index contributed by atoms with van der Waals surface area (Å²) in [6.45, 7) is 7.31. The fourth-order valence-electron chi connectivity index (χ4n) is 3.63. The van der Waals surface area contributed by atoms with Crippen molar-refractivity contribution >= 4 is 17.6 Å². The third-order valence-corrected chi connectivity index (χ3v) is 5.66. The normalized spacial score (nSPS) is 10.5. The van der Waals surface area contributed by atoms with Crippen LogP contribution in [-0.4, -0.2) is 53.8 Å². The van der Waals surface area contributed by atoms with Crippen molar-refractivity contribution in [2.45, 2.75) is 53.0 Å². The molecular weight excluding hydrogens is 480 g/mol. The van der Waals surface area contributed by atoms with E-state index in [1.807, 2.05) is 27.1 Å². The second kappa shape index (κ2) is 16.1. The average Bonchev–Trinajstić information content (AvgIpc) is 2.86. The number of amides is 1. The molecule has 0 saturated carbocycles. The van der Waals surface area contributed by atoms with Crippen LogP contribution in [0.4, 0.5) is 10.5 Å². The van der Waals surface area contributed by atoms with Gasteiger partial charge in [-0.05, 0) is 83.6 Å². The first-order chi connectivity index (χ1) is 18.2. The maximum Gasteiger partial charge on any atom is 0.411 e. The van der Waals surface area contributed by atoms with Gasteiger partial charge in [-0.3, -0.25) is 14.9 Å². The molecule has 0 aliphatic rings. The van der Waals surface area contributed by atoms with Crippen molar-refractivity contribution in [1.82, 2.24) is 14.7 Å². The summed E-state index contributed by atoms with van der Waals surface area (Å²) in [6.07, 6.45) is 2.74. The number of nitrogens with one attached hydrogen (secondary N) is 1. The molecule has 8 nitrogen and oxygen atoms in total. The lowest BCUT2D eigenvalue weighted by Crippen LogP contribution is -2.23. The average molecular weight is 521 g/mol. The number of ether oxygens (including phenoxy) is 1. The highest BCUT2D eigenvalue weighted by molar-refractivity contribution is 5.84. The van der Waals surface area contributed by atoms with Gasteiger partial charge in [0, 0.05) is 24.6 Å². The van der Waals surface area contributed by atoms with Crippen molar-refractivity contribution in [1.29, 1.82) is 0 Å². The first-order valence-electron chi connectivity index (χ1n) is 13.0.